The molecule has 0 saturated heterocycles. The van der Waals surface area contributed by atoms with Gasteiger partial charge in [-0.05, 0) is 38.1 Å². The molecule has 1 heterocycles. The summed E-state index contributed by atoms with van der Waals surface area (Å²) >= 11 is 0. The average Bonchev–Trinajstić information content (AvgIpc) is 2.24. The topological polar surface area (TPSA) is 24.9 Å². The van der Waals surface area contributed by atoms with E-state index in [4.69, 9.17) is 0 Å². The fraction of sp³-hybridized carbons (Fsp3) is 0.462. The van der Waals surface area contributed by atoms with Crippen LogP contribution in [0.4, 0.5) is 0 Å². The van der Waals surface area contributed by atoms with Crippen molar-refractivity contribution < 1.29 is 0 Å². The Morgan fingerprint density at radius 1 is 1.53 bits per heavy atom. The Bertz CT molecular complexity index is 360. The number of hydrogen-bond donors (Lipinski definition) is 1. The molecule has 0 bridgehead atoms. The zero-order chi connectivity index (χ0) is 11.1. The number of aromatic nitrogens is 1. The van der Waals surface area contributed by atoms with Crippen molar-refractivity contribution in [3.8, 4) is 11.8 Å². The first-order chi connectivity index (χ1) is 7.27. The summed E-state index contributed by atoms with van der Waals surface area (Å²) in [5, 5.41) is 3.40. The van der Waals surface area contributed by atoms with Crippen LogP contribution in [0.2, 0.25) is 0 Å². The van der Waals surface area contributed by atoms with Gasteiger partial charge < -0.3 is 5.32 Å². The molecule has 0 aliphatic heterocycles. The number of nitrogens with zero attached hydrogens (tertiary/aromatic N) is 1. The average molecular weight is 202 g/mol. The second kappa shape index (κ2) is 6.21. The molecule has 1 N–H and O–H groups in total. The molecule has 0 radical (unpaired) electrons. The lowest BCUT2D eigenvalue weighted by molar-refractivity contribution is 0.551. The summed E-state index contributed by atoms with van der Waals surface area (Å²) in [6.07, 6.45) is 2.68. The Morgan fingerprint density at radius 3 is 2.93 bits per heavy atom. The molecule has 0 aromatic carbocycles. The third-order valence-corrected chi connectivity index (χ3v) is 2.23. The van der Waals surface area contributed by atoms with Gasteiger partial charge in [0.15, 0.2) is 0 Å². The summed E-state index contributed by atoms with van der Waals surface area (Å²) in [7, 11) is 0. The maximum absolute atomic E-state index is 4.38. The van der Waals surface area contributed by atoms with Gasteiger partial charge in [-0.1, -0.05) is 6.92 Å². The highest BCUT2D eigenvalue weighted by atomic mass is 14.9. The van der Waals surface area contributed by atoms with Crippen molar-refractivity contribution in [2.24, 2.45) is 0 Å². The first-order valence-electron chi connectivity index (χ1n) is 5.33. The second-order valence-corrected chi connectivity index (χ2v) is 3.50. The quantitative estimate of drug-likeness (QED) is 0.759. The number of nitrogens with one attached hydrogen (secondary N) is 1. The molecule has 15 heavy (non-hydrogen) atoms. The molecule has 0 saturated carbocycles. The van der Waals surface area contributed by atoms with Crippen molar-refractivity contribution in [3.05, 3.63) is 29.6 Å². The minimum atomic E-state index is 0.252. The number of aryl methyl sites for hydroxylation is 1. The normalized spacial score (nSPS) is 11.7. The second-order valence-electron chi connectivity index (χ2n) is 3.50. The van der Waals surface area contributed by atoms with Gasteiger partial charge in [0.05, 0.1) is 11.7 Å². The smallest absolute Gasteiger partial charge is 0.0605 e. The van der Waals surface area contributed by atoms with Crippen LogP contribution in [0.3, 0.4) is 0 Å². The van der Waals surface area contributed by atoms with Gasteiger partial charge >= 0.3 is 0 Å². The van der Waals surface area contributed by atoms with Crippen molar-refractivity contribution in [2.45, 2.75) is 33.2 Å². The molecule has 0 amide bonds. The molecule has 0 fully saturated rings. The van der Waals surface area contributed by atoms with E-state index in [0.29, 0.717) is 0 Å². The van der Waals surface area contributed by atoms with Crippen LogP contribution >= 0.6 is 0 Å². The maximum Gasteiger partial charge on any atom is 0.0605 e. The molecule has 1 aromatic heterocycles. The summed E-state index contributed by atoms with van der Waals surface area (Å²) < 4.78 is 0. The molecule has 1 atom stereocenters. The summed E-state index contributed by atoms with van der Waals surface area (Å²) in [4.78, 5) is 4.38. The van der Waals surface area contributed by atoms with E-state index < -0.39 is 0 Å². The Kier molecular flexibility index (Phi) is 4.86. The standard InChI is InChI=1S/C13H18N2/c1-4-6-7-12(14-5-2)13-10-11(3)8-9-15-13/h8-10,12,14H,5,7H2,1-3H3. The molecular formula is C13H18N2. The lowest BCUT2D eigenvalue weighted by Crippen LogP contribution is -2.21. The summed E-state index contributed by atoms with van der Waals surface area (Å²) in [6.45, 7) is 6.99. The zero-order valence-corrected chi connectivity index (χ0v) is 9.67. The van der Waals surface area contributed by atoms with E-state index in [1.807, 2.05) is 19.2 Å². The lowest BCUT2D eigenvalue weighted by Gasteiger charge is -2.14. The van der Waals surface area contributed by atoms with E-state index in [9.17, 15) is 0 Å². The van der Waals surface area contributed by atoms with Crippen LogP contribution in [0.15, 0.2) is 18.3 Å². The van der Waals surface area contributed by atoms with Crippen LogP contribution < -0.4 is 5.32 Å². The van der Waals surface area contributed by atoms with Crippen LogP contribution in [0.1, 0.15) is 37.6 Å². The molecular weight excluding hydrogens is 184 g/mol. The minimum absolute atomic E-state index is 0.252. The van der Waals surface area contributed by atoms with E-state index >= 15 is 0 Å². The van der Waals surface area contributed by atoms with Gasteiger partial charge in [-0.2, -0.15) is 0 Å². The van der Waals surface area contributed by atoms with Gasteiger partial charge in [-0.15, -0.1) is 11.8 Å². The lowest BCUT2D eigenvalue weighted by atomic mass is 10.1. The van der Waals surface area contributed by atoms with E-state index in [0.717, 1.165) is 18.7 Å². The van der Waals surface area contributed by atoms with Crippen molar-refractivity contribution in [3.63, 3.8) is 0 Å². The van der Waals surface area contributed by atoms with Crippen LogP contribution in [-0.2, 0) is 0 Å². The Hall–Kier alpha value is -1.33. The van der Waals surface area contributed by atoms with E-state index in [1.54, 1.807) is 0 Å². The predicted molar refractivity (Wildman–Crippen MR) is 63.5 cm³/mol. The summed E-state index contributed by atoms with van der Waals surface area (Å²) in [5.74, 6) is 6.02. The first-order valence-corrected chi connectivity index (χ1v) is 5.33. The zero-order valence-electron chi connectivity index (χ0n) is 9.67. The van der Waals surface area contributed by atoms with Crippen LogP contribution in [0, 0.1) is 18.8 Å². The highest BCUT2D eigenvalue weighted by Crippen LogP contribution is 2.14. The van der Waals surface area contributed by atoms with Crippen molar-refractivity contribution in [1.29, 1.82) is 0 Å². The van der Waals surface area contributed by atoms with Gasteiger partial charge in [-0.3, -0.25) is 4.98 Å². The van der Waals surface area contributed by atoms with Crippen LogP contribution in [0.25, 0.3) is 0 Å². The molecule has 2 heteroatoms. The summed E-state index contributed by atoms with van der Waals surface area (Å²) in [5.41, 5.74) is 2.33. The Balaban J connectivity index is 2.81. The molecule has 0 spiro atoms. The van der Waals surface area contributed by atoms with E-state index in [-0.39, 0.29) is 6.04 Å². The van der Waals surface area contributed by atoms with Gasteiger partial charge in [0, 0.05) is 12.6 Å². The SMILES string of the molecule is CC#CCC(NCC)c1cc(C)ccn1. The third kappa shape index (κ3) is 3.73. The highest BCUT2D eigenvalue weighted by molar-refractivity contribution is 5.18. The molecule has 1 unspecified atom stereocenters. The van der Waals surface area contributed by atoms with Crippen LogP contribution in [0.5, 0.6) is 0 Å². The number of pyridine rings is 1. The van der Waals surface area contributed by atoms with E-state index in [2.05, 4.69) is 42.1 Å². The molecule has 1 aromatic rings. The summed E-state index contributed by atoms with van der Waals surface area (Å²) in [6, 6.07) is 4.38. The van der Waals surface area contributed by atoms with Gasteiger partial charge in [-0.25, -0.2) is 0 Å². The molecule has 80 valence electrons. The van der Waals surface area contributed by atoms with E-state index in [1.165, 1.54) is 5.56 Å². The monoisotopic (exact) mass is 202 g/mol. The van der Waals surface area contributed by atoms with Crippen molar-refractivity contribution in [1.82, 2.24) is 10.3 Å². The first kappa shape index (κ1) is 11.7. The molecule has 0 aliphatic rings. The maximum atomic E-state index is 4.38. The molecule has 2 nitrogen and oxygen atoms in total. The number of rotatable bonds is 4. The Morgan fingerprint density at radius 2 is 2.33 bits per heavy atom. The fourth-order valence-corrected chi connectivity index (χ4v) is 1.48. The molecule has 1 rings (SSSR count). The highest BCUT2D eigenvalue weighted by Gasteiger charge is 2.09. The van der Waals surface area contributed by atoms with Crippen molar-refractivity contribution in [2.75, 3.05) is 6.54 Å². The minimum Gasteiger partial charge on any atom is -0.308 e. The van der Waals surface area contributed by atoms with Gasteiger partial charge in [0.25, 0.3) is 0 Å². The Labute approximate surface area is 92.1 Å². The number of hydrogen-bond acceptors (Lipinski definition) is 2. The third-order valence-electron chi connectivity index (χ3n) is 2.23. The van der Waals surface area contributed by atoms with Crippen LogP contribution in [-0.4, -0.2) is 11.5 Å². The largest absolute Gasteiger partial charge is 0.308 e. The van der Waals surface area contributed by atoms with Crippen molar-refractivity contribution >= 4 is 0 Å². The van der Waals surface area contributed by atoms with Gasteiger partial charge in [0.1, 0.15) is 0 Å². The molecule has 0 aliphatic carbocycles. The fourth-order valence-electron chi connectivity index (χ4n) is 1.48. The predicted octanol–water partition coefficient (Wildman–Crippen LogP) is 2.45. The van der Waals surface area contributed by atoms with Gasteiger partial charge in [0.2, 0.25) is 0 Å².